The predicted molar refractivity (Wildman–Crippen MR) is 77.4 cm³/mol. The van der Waals surface area contributed by atoms with Crippen LogP contribution in [0.3, 0.4) is 0 Å². The van der Waals surface area contributed by atoms with E-state index in [1.54, 1.807) is 0 Å². The third-order valence-corrected chi connectivity index (χ3v) is 6.67. The van der Waals surface area contributed by atoms with Crippen LogP contribution in [0.4, 0.5) is 0 Å². The Morgan fingerprint density at radius 2 is 1.07 bits per heavy atom. The van der Waals surface area contributed by atoms with Crippen molar-refractivity contribution in [2.45, 2.75) is 9.65 Å². The Kier molecular flexibility index (Phi) is 6.29. The number of benzene rings is 1. The molecule has 4 heteroatoms. The Bertz CT molecular complexity index is 241. The highest BCUT2D eigenvalue weighted by Gasteiger charge is 2.08. The number of hydrogen-bond donors (Lipinski definition) is 0. The van der Waals surface area contributed by atoms with Gasteiger partial charge in [-0.05, 0) is 11.1 Å². The number of halogens is 4. The van der Waals surface area contributed by atoms with E-state index in [1.807, 2.05) is 0 Å². The maximum atomic E-state index is 3.60. The first-order chi connectivity index (χ1) is 6.69. The van der Waals surface area contributed by atoms with E-state index in [0.717, 1.165) is 10.7 Å². The molecule has 0 saturated heterocycles. The molecule has 0 saturated carbocycles. The lowest BCUT2D eigenvalue weighted by atomic mass is 10.1. The molecule has 0 heterocycles. The van der Waals surface area contributed by atoms with Gasteiger partial charge in [-0.1, -0.05) is 88.0 Å². The standard InChI is InChI=1S/C10H10Br4/c11-5-9(13)7-1-2-8(4-3-7)10(14)6-12/h1-4,9-10H,5-6H2. The van der Waals surface area contributed by atoms with Gasteiger partial charge in [0, 0.05) is 20.3 Å². The van der Waals surface area contributed by atoms with Crippen molar-refractivity contribution < 1.29 is 0 Å². The summed E-state index contributed by atoms with van der Waals surface area (Å²) in [6.45, 7) is 0. The fourth-order valence-electron chi connectivity index (χ4n) is 1.09. The molecule has 0 aromatic heterocycles. The summed E-state index contributed by atoms with van der Waals surface area (Å²) in [5, 5.41) is 1.87. The Morgan fingerprint density at radius 3 is 1.29 bits per heavy atom. The largest absolute Gasteiger partial charge is 0.0912 e. The van der Waals surface area contributed by atoms with E-state index in [2.05, 4.69) is 88.0 Å². The normalized spacial score (nSPS) is 15.1. The average Bonchev–Trinajstić information content (AvgIpc) is 2.27. The highest BCUT2D eigenvalue weighted by Crippen LogP contribution is 2.29. The fraction of sp³-hybridized carbons (Fsp3) is 0.400. The summed E-state index contributed by atoms with van der Waals surface area (Å²) in [7, 11) is 0. The van der Waals surface area contributed by atoms with E-state index in [-0.39, 0.29) is 0 Å². The molecule has 0 radical (unpaired) electrons. The summed E-state index contributed by atoms with van der Waals surface area (Å²) in [4.78, 5) is 0.795. The van der Waals surface area contributed by atoms with Gasteiger partial charge in [-0.2, -0.15) is 0 Å². The lowest BCUT2D eigenvalue weighted by molar-refractivity contribution is 1.11. The Hall–Kier alpha value is 1.14. The molecular weight excluding hydrogens is 440 g/mol. The minimum atomic E-state index is 0.397. The first-order valence-electron chi connectivity index (χ1n) is 4.19. The molecule has 2 unspecified atom stereocenters. The van der Waals surface area contributed by atoms with Gasteiger partial charge < -0.3 is 0 Å². The molecule has 1 aromatic carbocycles. The molecule has 78 valence electrons. The van der Waals surface area contributed by atoms with Crippen LogP contribution in [0.1, 0.15) is 20.8 Å². The fourth-order valence-corrected chi connectivity index (χ4v) is 2.45. The van der Waals surface area contributed by atoms with E-state index >= 15 is 0 Å². The van der Waals surface area contributed by atoms with Gasteiger partial charge in [-0.25, -0.2) is 0 Å². The lowest BCUT2D eigenvalue weighted by Crippen LogP contribution is -1.94. The van der Waals surface area contributed by atoms with E-state index in [1.165, 1.54) is 11.1 Å². The number of alkyl halides is 4. The SMILES string of the molecule is BrCC(Br)c1ccc(C(Br)CBr)cc1. The molecule has 0 N–H and O–H groups in total. The van der Waals surface area contributed by atoms with E-state index < -0.39 is 0 Å². The molecule has 0 bridgehead atoms. The van der Waals surface area contributed by atoms with Crippen molar-refractivity contribution in [3.05, 3.63) is 35.4 Å². The van der Waals surface area contributed by atoms with Crippen molar-refractivity contribution in [3.8, 4) is 0 Å². The average molecular weight is 450 g/mol. The Labute approximate surface area is 118 Å². The molecule has 0 aliphatic heterocycles. The van der Waals surface area contributed by atoms with Crippen LogP contribution in [0.5, 0.6) is 0 Å². The summed E-state index contributed by atoms with van der Waals surface area (Å²) in [6, 6.07) is 8.64. The molecule has 1 aromatic rings. The maximum Gasteiger partial charge on any atom is 0.0492 e. The predicted octanol–water partition coefficient (Wildman–Crippen LogP) is 5.35. The highest BCUT2D eigenvalue weighted by molar-refractivity contribution is 9.12. The zero-order valence-corrected chi connectivity index (χ0v) is 13.7. The lowest BCUT2D eigenvalue weighted by Gasteiger charge is -2.09. The van der Waals surface area contributed by atoms with E-state index in [4.69, 9.17) is 0 Å². The van der Waals surface area contributed by atoms with Gasteiger partial charge in [0.05, 0.1) is 0 Å². The molecule has 14 heavy (non-hydrogen) atoms. The summed E-state index contributed by atoms with van der Waals surface area (Å²) in [5.74, 6) is 0. The van der Waals surface area contributed by atoms with Gasteiger partial charge in [0.1, 0.15) is 0 Å². The van der Waals surface area contributed by atoms with Gasteiger partial charge in [-0.3, -0.25) is 0 Å². The molecular formula is C10H10Br4. The smallest absolute Gasteiger partial charge is 0.0492 e. The van der Waals surface area contributed by atoms with Crippen molar-refractivity contribution in [3.63, 3.8) is 0 Å². The minimum absolute atomic E-state index is 0.397. The van der Waals surface area contributed by atoms with E-state index in [9.17, 15) is 0 Å². The molecule has 2 atom stereocenters. The first kappa shape index (κ1) is 13.2. The highest BCUT2D eigenvalue weighted by atomic mass is 79.9. The van der Waals surface area contributed by atoms with Crippen molar-refractivity contribution >= 4 is 63.7 Å². The van der Waals surface area contributed by atoms with Gasteiger partial charge >= 0.3 is 0 Å². The van der Waals surface area contributed by atoms with Crippen LogP contribution in [0, 0.1) is 0 Å². The summed E-state index contributed by atoms with van der Waals surface area (Å²) < 4.78 is 0. The van der Waals surface area contributed by atoms with Gasteiger partial charge in [-0.15, -0.1) is 0 Å². The van der Waals surface area contributed by atoms with Crippen LogP contribution in [0.15, 0.2) is 24.3 Å². The third kappa shape index (κ3) is 3.62. The molecule has 0 aliphatic rings. The molecule has 0 fully saturated rings. The number of hydrogen-bond acceptors (Lipinski definition) is 0. The van der Waals surface area contributed by atoms with Crippen molar-refractivity contribution in [2.75, 3.05) is 10.7 Å². The van der Waals surface area contributed by atoms with Crippen LogP contribution in [-0.2, 0) is 0 Å². The van der Waals surface area contributed by atoms with Gasteiger partial charge in [0.25, 0.3) is 0 Å². The molecule has 0 spiro atoms. The second-order valence-electron chi connectivity index (χ2n) is 2.91. The zero-order valence-electron chi connectivity index (χ0n) is 7.39. The summed E-state index contributed by atoms with van der Waals surface area (Å²) >= 11 is 14.1. The zero-order chi connectivity index (χ0) is 10.6. The Morgan fingerprint density at radius 1 is 0.786 bits per heavy atom. The molecule has 0 aliphatic carbocycles. The number of rotatable bonds is 4. The molecule has 1 rings (SSSR count). The topological polar surface area (TPSA) is 0 Å². The monoisotopic (exact) mass is 446 g/mol. The quantitative estimate of drug-likeness (QED) is 0.544. The van der Waals surface area contributed by atoms with Crippen molar-refractivity contribution in [1.29, 1.82) is 0 Å². The third-order valence-electron chi connectivity index (χ3n) is 1.93. The minimum Gasteiger partial charge on any atom is -0.0912 e. The summed E-state index contributed by atoms with van der Waals surface area (Å²) in [6.07, 6.45) is 0. The van der Waals surface area contributed by atoms with Crippen LogP contribution < -0.4 is 0 Å². The van der Waals surface area contributed by atoms with E-state index in [0.29, 0.717) is 9.65 Å². The van der Waals surface area contributed by atoms with Crippen LogP contribution >= 0.6 is 63.7 Å². The Balaban J connectivity index is 2.78. The summed E-state index contributed by atoms with van der Waals surface area (Å²) in [5.41, 5.74) is 2.61. The first-order valence-corrected chi connectivity index (χ1v) is 8.26. The molecule has 0 amide bonds. The van der Waals surface area contributed by atoms with Gasteiger partial charge in [0.2, 0.25) is 0 Å². The molecule has 0 nitrogen and oxygen atoms in total. The van der Waals surface area contributed by atoms with Crippen LogP contribution in [0.25, 0.3) is 0 Å². The second-order valence-corrected chi connectivity index (χ2v) is 6.42. The van der Waals surface area contributed by atoms with Gasteiger partial charge in [0.15, 0.2) is 0 Å². The maximum absolute atomic E-state index is 3.60. The second kappa shape index (κ2) is 6.66. The van der Waals surface area contributed by atoms with Crippen molar-refractivity contribution in [1.82, 2.24) is 0 Å². The van der Waals surface area contributed by atoms with Crippen LogP contribution in [0.2, 0.25) is 0 Å². The van der Waals surface area contributed by atoms with Crippen LogP contribution in [-0.4, -0.2) is 10.7 Å². The van der Waals surface area contributed by atoms with Crippen molar-refractivity contribution in [2.24, 2.45) is 0 Å².